The molecule has 1 radical (unpaired) electrons. The summed E-state index contributed by atoms with van der Waals surface area (Å²) < 4.78 is 14.5. The summed E-state index contributed by atoms with van der Waals surface area (Å²) in [5.74, 6) is 0.441. The van der Waals surface area contributed by atoms with Crippen LogP contribution in [-0.2, 0) is 21.6 Å². The normalized spacial score (nSPS) is 9.00. The Morgan fingerprint density at radius 2 is 2.75 bits per heavy atom. The van der Waals surface area contributed by atoms with Crippen LogP contribution in [0.2, 0.25) is 0 Å². The van der Waals surface area contributed by atoms with E-state index < -0.39 is 0 Å². The van der Waals surface area contributed by atoms with Crippen LogP contribution in [0.15, 0.2) is 16.9 Å². The van der Waals surface area contributed by atoms with E-state index in [9.17, 15) is 4.21 Å². The Hall–Kier alpha value is -0.700. The first-order valence-corrected chi connectivity index (χ1v) is 3.02. The van der Waals surface area contributed by atoms with Gasteiger partial charge >= 0.3 is 11.7 Å². The van der Waals surface area contributed by atoms with Crippen molar-refractivity contribution in [2.75, 3.05) is 0 Å². The van der Waals surface area contributed by atoms with Crippen molar-refractivity contribution in [3.05, 3.63) is 24.2 Å². The zero-order chi connectivity index (χ0) is 5.82. The molecule has 0 fully saturated rings. The topological polar surface area (TPSA) is 30.2 Å². The summed E-state index contributed by atoms with van der Waals surface area (Å²) in [7, 11) is 0. The minimum Gasteiger partial charge on any atom is -0.471 e. The highest BCUT2D eigenvalue weighted by Gasteiger charge is 2.01. The minimum absolute atomic E-state index is 0.441. The van der Waals surface area contributed by atoms with Gasteiger partial charge in [-0.2, -0.15) is 0 Å². The van der Waals surface area contributed by atoms with Crippen molar-refractivity contribution in [1.29, 1.82) is 0 Å². The molecule has 3 heteroatoms. The summed E-state index contributed by atoms with van der Waals surface area (Å²) in [4.78, 5) is 0. The van der Waals surface area contributed by atoms with E-state index in [2.05, 4.69) is 10.5 Å². The van der Waals surface area contributed by atoms with Gasteiger partial charge in [0.25, 0.3) is 5.75 Å². The van der Waals surface area contributed by atoms with Crippen molar-refractivity contribution in [2.24, 2.45) is 0 Å². The standard InChI is InChI=1S/C5H4O2S/c6-8-4-5-1-2-7-3-5/h2-3H,4H2/q+1. The van der Waals surface area contributed by atoms with E-state index in [0.717, 1.165) is 5.56 Å². The van der Waals surface area contributed by atoms with Gasteiger partial charge in [-0.3, -0.25) is 0 Å². The summed E-state index contributed by atoms with van der Waals surface area (Å²) in [6.07, 6.45) is 2.95. The Balaban J connectivity index is 2.62. The lowest BCUT2D eigenvalue weighted by Gasteiger charge is -1.64. The zero-order valence-electron chi connectivity index (χ0n) is 4.09. The first-order chi connectivity index (χ1) is 3.93. The molecular formula is C5H4O2S+. The highest BCUT2D eigenvalue weighted by atomic mass is 32.1. The van der Waals surface area contributed by atoms with Crippen LogP contribution in [0.3, 0.4) is 0 Å². The van der Waals surface area contributed by atoms with E-state index in [1.807, 2.05) is 0 Å². The van der Waals surface area contributed by atoms with Crippen LogP contribution in [0.5, 0.6) is 0 Å². The predicted octanol–water partition coefficient (Wildman–Crippen LogP) is 1.01. The quantitative estimate of drug-likeness (QED) is 0.556. The fourth-order valence-corrected chi connectivity index (χ4v) is 0.677. The van der Waals surface area contributed by atoms with Crippen molar-refractivity contribution in [1.82, 2.24) is 0 Å². The molecule has 1 aromatic heterocycles. The van der Waals surface area contributed by atoms with Crippen molar-refractivity contribution in [3.63, 3.8) is 0 Å². The third kappa shape index (κ3) is 1.13. The highest BCUT2D eigenvalue weighted by molar-refractivity contribution is 7.64. The summed E-state index contributed by atoms with van der Waals surface area (Å²) in [5, 5.41) is 0. The van der Waals surface area contributed by atoms with Crippen LogP contribution in [-0.4, -0.2) is 0 Å². The molecule has 0 aliphatic rings. The molecule has 0 spiro atoms. The molecule has 2 nitrogen and oxygen atoms in total. The SMILES string of the molecule is O=[S+]Cc1[c]coc1. The monoisotopic (exact) mass is 128 g/mol. The van der Waals surface area contributed by atoms with Gasteiger partial charge in [-0.05, 0) is 0 Å². The molecule has 41 valence electrons. The molecule has 0 bridgehead atoms. The van der Waals surface area contributed by atoms with Gasteiger partial charge in [-0.15, -0.1) is 0 Å². The Morgan fingerprint density at radius 1 is 1.88 bits per heavy atom. The van der Waals surface area contributed by atoms with Crippen LogP contribution in [0.4, 0.5) is 0 Å². The van der Waals surface area contributed by atoms with E-state index in [4.69, 9.17) is 0 Å². The Morgan fingerprint density at radius 3 is 3.25 bits per heavy atom. The van der Waals surface area contributed by atoms with Gasteiger partial charge in [-0.25, -0.2) is 0 Å². The highest BCUT2D eigenvalue weighted by Crippen LogP contribution is 1.97. The average molecular weight is 128 g/mol. The molecule has 1 heterocycles. The lowest BCUT2D eigenvalue weighted by molar-refractivity contribution is 0.564. The largest absolute Gasteiger partial charge is 0.471 e. The van der Waals surface area contributed by atoms with E-state index >= 15 is 0 Å². The lowest BCUT2D eigenvalue weighted by Crippen LogP contribution is -1.73. The molecule has 0 atom stereocenters. The van der Waals surface area contributed by atoms with E-state index in [-0.39, 0.29) is 0 Å². The molecule has 0 saturated carbocycles. The van der Waals surface area contributed by atoms with Crippen LogP contribution >= 0.6 is 0 Å². The number of rotatable bonds is 2. The fraction of sp³-hybridized carbons (Fsp3) is 0.200. The van der Waals surface area contributed by atoms with Crippen molar-refractivity contribution in [3.8, 4) is 0 Å². The van der Waals surface area contributed by atoms with Crippen molar-refractivity contribution in [2.45, 2.75) is 5.75 Å². The van der Waals surface area contributed by atoms with Gasteiger partial charge in [0.15, 0.2) is 0 Å². The Kier molecular flexibility index (Phi) is 1.75. The third-order valence-corrected chi connectivity index (χ3v) is 1.17. The summed E-state index contributed by atoms with van der Waals surface area (Å²) in [6.45, 7) is 0. The smallest absolute Gasteiger partial charge is 0.463 e. The maximum absolute atomic E-state index is 9.85. The molecule has 1 aromatic rings. The fourth-order valence-electron chi connectivity index (χ4n) is 0.399. The first-order valence-electron chi connectivity index (χ1n) is 2.11. The third-order valence-electron chi connectivity index (χ3n) is 0.737. The Labute approximate surface area is 51.0 Å². The zero-order valence-corrected chi connectivity index (χ0v) is 4.90. The van der Waals surface area contributed by atoms with Gasteiger partial charge in [-0.1, -0.05) is 0 Å². The molecule has 0 aliphatic heterocycles. The molecule has 0 N–H and O–H groups in total. The van der Waals surface area contributed by atoms with Crippen LogP contribution < -0.4 is 0 Å². The lowest BCUT2D eigenvalue weighted by atomic mass is 10.4. The molecule has 0 aliphatic carbocycles. The van der Waals surface area contributed by atoms with E-state index in [1.165, 1.54) is 12.5 Å². The molecule has 0 amide bonds. The molecular weight excluding hydrogens is 124 g/mol. The van der Waals surface area contributed by atoms with E-state index in [0.29, 0.717) is 17.4 Å². The molecule has 1 rings (SSSR count). The van der Waals surface area contributed by atoms with Crippen LogP contribution in [0.25, 0.3) is 0 Å². The Bertz CT molecular complexity index is 157. The summed E-state index contributed by atoms with van der Waals surface area (Å²) in [5.41, 5.74) is 0.824. The van der Waals surface area contributed by atoms with Gasteiger partial charge in [0.2, 0.25) is 0 Å². The van der Waals surface area contributed by atoms with Crippen LogP contribution in [0.1, 0.15) is 5.56 Å². The molecule has 0 saturated heterocycles. The molecule has 8 heavy (non-hydrogen) atoms. The predicted molar refractivity (Wildman–Crippen MR) is 29.3 cm³/mol. The minimum atomic E-state index is 0.441. The molecule has 0 aromatic carbocycles. The number of hydrogen-bond donors (Lipinski definition) is 0. The van der Waals surface area contributed by atoms with Gasteiger partial charge in [0.05, 0.1) is 18.1 Å². The second kappa shape index (κ2) is 2.57. The maximum atomic E-state index is 9.85. The van der Waals surface area contributed by atoms with Crippen molar-refractivity contribution < 1.29 is 8.63 Å². The average Bonchev–Trinajstić information content (AvgIpc) is 2.19. The number of hydrogen-bond acceptors (Lipinski definition) is 2. The van der Waals surface area contributed by atoms with Gasteiger partial charge < -0.3 is 4.42 Å². The maximum Gasteiger partial charge on any atom is 0.463 e. The first kappa shape index (κ1) is 5.44. The summed E-state index contributed by atoms with van der Waals surface area (Å²) >= 11 is 0.518. The van der Waals surface area contributed by atoms with E-state index in [1.54, 1.807) is 0 Å². The second-order valence-corrected chi connectivity index (χ2v) is 1.83. The summed E-state index contributed by atoms with van der Waals surface area (Å²) in [6, 6.07) is 2.75. The second-order valence-electron chi connectivity index (χ2n) is 1.30. The molecule has 0 unspecified atom stereocenters. The van der Waals surface area contributed by atoms with Crippen LogP contribution in [0, 0.1) is 6.07 Å². The van der Waals surface area contributed by atoms with Crippen molar-refractivity contribution >= 4 is 11.7 Å². The number of furan rings is 1. The van der Waals surface area contributed by atoms with Gasteiger partial charge in [0, 0.05) is 10.3 Å². The van der Waals surface area contributed by atoms with Gasteiger partial charge in [0.1, 0.15) is 0 Å².